The highest BCUT2D eigenvalue weighted by Crippen LogP contribution is 2.20. The zero-order chi connectivity index (χ0) is 16.1. The van der Waals surface area contributed by atoms with Crippen LogP contribution in [0.2, 0.25) is 0 Å². The third-order valence-electron chi connectivity index (χ3n) is 4.18. The van der Waals surface area contributed by atoms with Gasteiger partial charge in [-0.25, -0.2) is 4.98 Å². The number of pyridine rings is 1. The van der Waals surface area contributed by atoms with E-state index in [0.717, 1.165) is 32.5 Å². The van der Waals surface area contributed by atoms with E-state index in [1.807, 2.05) is 6.07 Å². The Labute approximate surface area is 136 Å². The SMILES string of the molecule is Nc1ccc(NC(=O)C2CCCN(Cc3ccccc3)C2)cn1. The zero-order valence-corrected chi connectivity index (χ0v) is 13.1. The molecule has 0 bridgehead atoms. The predicted molar refractivity (Wildman–Crippen MR) is 91.7 cm³/mol. The lowest BCUT2D eigenvalue weighted by Crippen LogP contribution is -2.40. The molecule has 0 aliphatic carbocycles. The molecule has 0 spiro atoms. The van der Waals surface area contributed by atoms with Crippen LogP contribution in [-0.4, -0.2) is 28.9 Å². The molecule has 2 heterocycles. The molecule has 1 fully saturated rings. The Morgan fingerprint density at radius 3 is 2.83 bits per heavy atom. The minimum atomic E-state index is 0.0185. The summed E-state index contributed by atoms with van der Waals surface area (Å²) in [5.41, 5.74) is 7.55. The first kappa shape index (κ1) is 15.5. The molecule has 1 amide bonds. The van der Waals surface area contributed by atoms with Crippen molar-refractivity contribution in [3.05, 3.63) is 54.2 Å². The first-order chi connectivity index (χ1) is 11.2. The van der Waals surface area contributed by atoms with Crippen molar-refractivity contribution in [2.24, 2.45) is 5.92 Å². The summed E-state index contributed by atoms with van der Waals surface area (Å²) < 4.78 is 0. The van der Waals surface area contributed by atoms with Gasteiger partial charge in [-0.1, -0.05) is 30.3 Å². The summed E-state index contributed by atoms with van der Waals surface area (Å²) in [5.74, 6) is 0.536. The minimum Gasteiger partial charge on any atom is -0.384 e. The van der Waals surface area contributed by atoms with Gasteiger partial charge < -0.3 is 11.1 Å². The van der Waals surface area contributed by atoms with Crippen LogP contribution in [0.5, 0.6) is 0 Å². The number of amides is 1. The molecule has 0 radical (unpaired) electrons. The fourth-order valence-corrected chi connectivity index (χ4v) is 2.98. The maximum absolute atomic E-state index is 12.5. The van der Waals surface area contributed by atoms with Crippen LogP contribution < -0.4 is 11.1 Å². The van der Waals surface area contributed by atoms with E-state index < -0.39 is 0 Å². The monoisotopic (exact) mass is 310 g/mol. The van der Waals surface area contributed by atoms with Gasteiger partial charge in [0.2, 0.25) is 5.91 Å². The number of anilines is 2. The van der Waals surface area contributed by atoms with E-state index in [2.05, 4.69) is 39.5 Å². The number of nitrogens with zero attached hydrogens (tertiary/aromatic N) is 2. The van der Waals surface area contributed by atoms with Gasteiger partial charge in [-0.15, -0.1) is 0 Å². The lowest BCUT2D eigenvalue weighted by Gasteiger charge is -2.32. The highest BCUT2D eigenvalue weighted by Gasteiger charge is 2.25. The van der Waals surface area contributed by atoms with Crippen LogP contribution >= 0.6 is 0 Å². The molecule has 2 aromatic rings. The Balaban J connectivity index is 1.57. The lowest BCUT2D eigenvalue weighted by atomic mass is 9.96. The van der Waals surface area contributed by atoms with Crippen molar-refractivity contribution in [3.8, 4) is 0 Å². The number of hydrogen-bond acceptors (Lipinski definition) is 4. The highest BCUT2D eigenvalue weighted by molar-refractivity contribution is 5.92. The van der Waals surface area contributed by atoms with Gasteiger partial charge in [-0.3, -0.25) is 9.69 Å². The molecule has 1 atom stereocenters. The molecule has 1 aliphatic rings. The summed E-state index contributed by atoms with van der Waals surface area (Å²) in [5, 5.41) is 2.94. The van der Waals surface area contributed by atoms with E-state index in [1.165, 1.54) is 5.56 Å². The smallest absolute Gasteiger partial charge is 0.228 e. The highest BCUT2D eigenvalue weighted by atomic mass is 16.1. The molecule has 23 heavy (non-hydrogen) atoms. The number of benzene rings is 1. The van der Waals surface area contributed by atoms with Crippen molar-refractivity contribution in [2.45, 2.75) is 19.4 Å². The van der Waals surface area contributed by atoms with Gasteiger partial charge >= 0.3 is 0 Å². The van der Waals surface area contributed by atoms with Crippen molar-refractivity contribution in [1.29, 1.82) is 0 Å². The fraction of sp³-hybridized carbons (Fsp3) is 0.333. The Kier molecular flexibility index (Phi) is 4.88. The number of nitrogen functional groups attached to an aromatic ring is 1. The van der Waals surface area contributed by atoms with Crippen LogP contribution in [0.1, 0.15) is 18.4 Å². The van der Waals surface area contributed by atoms with Crippen molar-refractivity contribution >= 4 is 17.4 Å². The predicted octanol–water partition coefficient (Wildman–Crippen LogP) is 2.51. The maximum atomic E-state index is 12.5. The standard InChI is InChI=1S/C18H22N4O/c19-17-9-8-16(11-20-17)21-18(23)15-7-4-10-22(13-15)12-14-5-2-1-3-6-14/h1-3,5-6,8-9,11,15H,4,7,10,12-13H2,(H2,19,20)(H,21,23). The van der Waals surface area contributed by atoms with Crippen molar-refractivity contribution < 1.29 is 4.79 Å². The third-order valence-corrected chi connectivity index (χ3v) is 4.18. The zero-order valence-electron chi connectivity index (χ0n) is 13.1. The summed E-state index contributed by atoms with van der Waals surface area (Å²) in [4.78, 5) is 18.8. The minimum absolute atomic E-state index is 0.0185. The number of nitrogens with one attached hydrogen (secondary N) is 1. The van der Waals surface area contributed by atoms with E-state index in [4.69, 9.17) is 5.73 Å². The summed E-state index contributed by atoms with van der Waals surface area (Å²) in [6.07, 6.45) is 3.57. The van der Waals surface area contributed by atoms with E-state index in [0.29, 0.717) is 11.5 Å². The molecule has 1 unspecified atom stereocenters. The number of piperidine rings is 1. The van der Waals surface area contributed by atoms with Crippen molar-refractivity contribution in [2.75, 3.05) is 24.1 Å². The number of hydrogen-bond donors (Lipinski definition) is 2. The lowest BCUT2D eigenvalue weighted by molar-refractivity contribution is -0.121. The number of carbonyl (C=O) groups excluding carboxylic acids is 1. The second-order valence-corrected chi connectivity index (χ2v) is 6.02. The van der Waals surface area contributed by atoms with Crippen LogP contribution in [0.15, 0.2) is 48.7 Å². The van der Waals surface area contributed by atoms with Crippen LogP contribution in [0.4, 0.5) is 11.5 Å². The summed E-state index contributed by atoms with van der Waals surface area (Å²) in [6, 6.07) is 13.9. The van der Waals surface area contributed by atoms with Crippen molar-refractivity contribution in [3.63, 3.8) is 0 Å². The Bertz CT molecular complexity index is 642. The summed E-state index contributed by atoms with van der Waals surface area (Å²) in [7, 11) is 0. The molecule has 5 nitrogen and oxygen atoms in total. The molecule has 120 valence electrons. The van der Waals surface area contributed by atoms with Gasteiger partial charge in [0.1, 0.15) is 5.82 Å². The van der Waals surface area contributed by atoms with Crippen LogP contribution in [0.25, 0.3) is 0 Å². The molecule has 5 heteroatoms. The van der Waals surface area contributed by atoms with Gasteiger partial charge in [-0.2, -0.15) is 0 Å². The Morgan fingerprint density at radius 2 is 2.09 bits per heavy atom. The maximum Gasteiger partial charge on any atom is 0.228 e. The molecule has 1 aliphatic heterocycles. The first-order valence-electron chi connectivity index (χ1n) is 7.99. The molecule has 3 N–H and O–H groups in total. The Morgan fingerprint density at radius 1 is 1.26 bits per heavy atom. The van der Waals surface area contributed by atoms with Gasteiger partial charge in [0.15, 0.2) is 0 Å². The number of rotatable bonds is 4. The molecular weight excluding hydrogens is 288 g/mol. The molecule has 0 saturated carbocycles. The van der Waals surface area contributed by atoms with E-state index in [9.17, 15) is 4.79 Å². The summed E-state index contributed by atoms with van der Waals surface area (Å²) in [6.45, 7) is 2.74. The molecule has 1 aromatic carbocycles. The first-order valence-corrected chi connectivity index (χ1v) is 7.99. The molecular formula is C18H22N4O. The van der Waals surface area contributed by atoms with Gasteiger partial charge in [0, 0.05) is 13.1 Å². The van der Waals surface area contributed by atoms with Crippen LogP contribution in [-0.2, 0) is 11.3 Å². The fourth-order valence-electron chi connectivity index (χ4n) is 2.98. The molecule has 1 aromatic heterocycles. The average molecular weight is 310 g/mol. The number of likely N-dealkylation sites (tertiary alicyclic amines) is 1. The number of nitrogens with two attached hydrogens (primary N) is 1. The molecule has 3 rings (SSSR count). The van der Waals surface area contributed by atoms with Gasteiger partial charge in [0.05, 0.1) is 17.8 Å². The largest absolute Gasteiger partial charge is 0.384 e. The normalized spacial score (nSPS) is 18.5. The van der Waals surface area contributed by atoms with E-state index in [1.54, 1.807) is 18.3 Å². The Hall–Kier alpha value is -2.40. The molecule has 1 saturated heterocycles. The van der Waals surface area contributed by atoms with Crippen LogP contribution in [0, 0.1) is 5.92 Å². The second kappa shape index (κ2) is 7.24. The second-order valence-electron chi connectivity index (χ2n) is 6.02. The average Bonchev–Trinajstić information content (AvgIpc) is 2.58. The number of aromatic nitrogens is 1. The summed E-state index contributed by atoms with van der Waals surface area (Å²) >= 11 is 0. The van der Waals surface area contributed by atoms with Crippen LogP contribution in [0.3, 0.4) is 0 Å². The van der Waals surface area contributed by atoms with E-state index >= 15 is 0 Å². The van der Waals surface area contributed by atoms with Crippen molar-refractivity contribution in [1.82, 2.24) is 9.88 Å². The quantitative estimate of drug-likeness (QED) is 0.910. The number of carbonyl (C=O) groups is 1. The van der Waals surface area contributed by atoms with Gasteiger partial charge in [0.25, 0.3) is 0 Å². The van der Waals surface area contributed by atoms with Gasteiger partial charge in [-0.05, 0) is 37.1 Å². The third kappa shape index (κ3) is 4.29. The van der Waals surface area contributed by atoms with E-state index in [-0.39, 0.29) is 11.8 Å². The topological polar surface area (TPSA) is 71.2 Å².